The number of ether oxygens (including phenoxy) is 1. The molecule has 4 aromatic rings. The van der Waals surface area contributed by atoms with Crippen molar-refractivity contribution in [3.63, 3.8) is 0 Å². The molecule has 4 rings (SSSR count). The van der Waals surface area contributed by atoms with Crippen LogP contribution in [0.3, 0.4) is 0 Å². The van der Waals surface area contributed by atoms with Gasteiger partial charge in [-0.15, -0.1) is 0 Å². The molecule has 1 N–H and O–H groups in total. The normalized spacial score (nSPS) is 10.9. The van der Waals surface area contributed by atoms with Crippen molar-refractivity contribution in [1.29, 1.82) is 0 Å². The number of carbonyl (C=O) groups is 1. The quantitative estimate of drug-likeness (QED) is 0.483. The second-order valence-corrected chi connectivity index (χ2v) is 7.82. The van der Waals surface area contributed by atoms with Crippen LogP contribution in [0, 0.1) is 6.92 Å². The number of aromatic nitrogens is 3. The number of hydrogen-bond donors (Lipinski definition) is 1. The van der Waals surface area contributed by atoms with E-state index in [-0.39, 0.29) is 12.5 Å². The number of nitrogens with one attached hydrogen (secondary N) is 1. The fourth-order valence-electron chi connectivity index (χ4n) is 3.12. The van der Waals surface area contributed by atoms with Crippen LogP contribution in [0.5, 0.6) is 5.75 Å². The summed E-state index contributed by atoms with van der Waals surface area (Å²) in [5.74, 6) is 0.673. The minimum atomic E-state index is -0.109. The molecule has 2 aromatic heterocycles. The summed E-state index contributed by atoms with van der Waals surface area (Å²) < 4.78 is 8.29. The molecule has 2 heterocycles. The van der Waals surface area contributed by atoms with Gasteiger partial charge in [0.05, 0.1) is 29.2 Å². The molecule has 30 heavy (non-hydrogen) atoms. The zero-order valence-corrected chi connectivity index (χ0v) is 17.9. The van der Waals surface area contributed by atoms with Gasteiger partial charge >= 0.3 is 0 Å². The maximum absolute atomic E-state index is 12.5. The molecule has 0 saturated heterocycles. The lowest BCUT2D eigenvalue weighted by Crippen LogP contribution is -2.30. The van der Waals surface area contributed by atoms with Crippen LogP contribution < -0.4 is 15.0 Å². The summed E-state index contributed by atoms with van der Waals surface area (Å²) in [5.41, 5.74) is 3.42. The average molecular weight is 422 g/mol. The number of para-hydroxylation sites is 1. The Kier molecular flexibility index (Phi) is 5.67. The molecule has 7 nitrogen and oxygen atoms in total. The van der Waals surface area contributed by atoms with Crippen molar-refractivity contribution >= 4 is 38.4 Å². The third-order valence-electron chi connectivity index (χ3n) is 4.53. The van der Waals surface area contributed by atoms with Gasteiger partial charge in [0.15, 0.2) is 10.8 Å². The summed E-state index contributed by atoms with van der Waals surface area (Å²) >= 11 is 1.54. The van der Waals surface area contributed by atoms with Crippen molar-refractivity contribution in [1.82, 2.24) is 14.8 Å². The van der Waals surface area contributed by atoms with E-state index in [9.17, 15) is 4.79 Å². The Hall–Kier alpha value is -3.39. The highest BCUT2D eigenvalue weighted by atomic mass is 32.1. The van der Waals surface area contributed by atoms with Crippen LogP contribution in [-0.2, 0) is 4.79 Å². The number of carbonyl (C=O) groups excluding carboxylic acids is 1. The van der Waals surface area contributed by atoms with Crippen molar-refractivity contribution in [2.45, 2.75) is 13.8 Å². The van der Waals surface area contributed by atoms with Crippen molar-refractivity contribution in [3.8, 4) is 11.4 Å². The first-order chi connectivity index (χ1) is 14.5. The third-order valence-corrected chi connectivity index (χ3v) is 5.80. The Morgan fingerprint density at radius 3 is 2.60 bits per heavy atom. The van der Waals surface area contributed by atoms with E-state index in [1.165, 1.54) is 11.3 Å². The van der Waals surface area contributed by atoms with Crippen LogP contribution in [0.15, 0.2) is 54.6 Å². The molecule has 0 aliphatic heterocycles. The average Bonchev–Trinajstić information content (AvgIpc) is 3.31. The summed E-state index contributed by atoms with van der Waals surface area (Å²) in [6.45, 7) is 4.72. The molecule has 0 radical (unpaired) electrons. The van der Waals surface area contributed by atoms with Gasteiger partial charge in [0.1, 0.15) is 5.75 Å². The maximum atomic E-state index is 12.5. The van der Waals surface area contributed by atoms with E-state index in [1.54, 1.807) is 0 Å². The van der Waals surface area contributed by atoms with Crippen molar-refractivity contribution in [3.05, 3.63) is 60.3 Å². The summed E-state index contributed by atoms with van der Waals surface area (Å²) in [7, 11) is 1.87. The fourth-order valence-corrected chi connectivity index (χ4v) is 4.07. The van der Waals surface area contributed by atoms with E-state index in [0.29, 0.717) is 6.61 Å². The first kappa shape index (κ1) is 19.9. The second-order valence-electron chi connectivity index (χ2n) is 6.84. The fraction of sp³-hybridized carbons (Fsp3) is 0.227. The highest BCUT2D eigenvalue weighted by Gasteiger charge is 2.18. The van der Waals surface area contributed by atoms with Gasteiger partial charge < -0.3 is 15.0 Å². The topological polar surface area (TPSA) is 72.3 Å². The summed E-state index contributed by atoms with van der Waals surface area (Å²) in [4.78, 5) is 19.1. The van der Waals surface area contributed by atoms with E-state index in [4.69, 9.17) is 9.72 Å². The number of likely N-dealkylation sites (N-methyl/N-ethyl adjacent to an activating group) is 1. The lowest BCUT2D eigenvalue weighted by molar-refractivity contribution is -0.114. The molecule has 2 aromatic carbocycles. The Bertz CT molecular complexity index is 1150. The predicted molar refractivity (Wildman–Crippen MR) is 121 cm³/mol. The van der Waals surface area contributed by atoms with Crippen LogP contribution in [0.1, 0.15) is 12.6 Å². The number of anilines is 2. The van der Waals surface area contributed by atoms with Crippen LogP contribution in [0.4, 0.5) is 10.8 Å². The molecule has 0 aliphatic carbocycles. The maximum Gasteiger partial charge on any atom is 0.243 e. The highest BCUT2D eigenvalue weighted by molar-refractivity contribution is 7.22. The van der Waals surface area contributed by atoms with Crippen molar-refractivity contribution in [2.24, 2.45) is 0 Å². The Balaban J connectivity index is 1.48. The van der Waals surface area contributed by atoms with E-state index in [1.807, 2.05) is 85.1 Å². The number of aryl methyl sites for hydroxylation is 1. The molecule has 0 bridgehead atoms. The number of amides is 1. The monoisotopic (exact) mass is 421 g/mol. The first-order valence-corrected chi connectivity index (χ1v) is 10.5. The molecule has 8 heteroatoms. The van der Waals surface area contributed by atoms with Gasteiger partial charge in [0.2, 0.25) is 5.91 Å². The molecule has 154 valence electrons. The molecule has 1 amide bonds. The summed E-state index contributed by atoms with van der Waals surface area (Å²) in [6, 6.07) is 17.3. The summed E-state index contributed by atoms with van der Waals surface area (Å²) in [6.07, 6.45) is 0. The lowest BCUT2D eigenvalue weighted by atomic mass is 10.3. The van der Waals surface area contributed by atoms with Gasteiger partial charge in [-0.1, -0.05) is 29.5 Å². The standard InChI is InChI=1S/C22H23N5O2S/c1-4-29-18-12-10-16(11-13-18)23-19(28)14-26(3)22-24-21-20(30-22)15(2)25-27(21)17-8-6-5-7-9-17/h5-13H,4,14H2,1-3H3,(H,23,28). The smallest absolute Gasteiger partial charge is 0.243 e. The molecule has 0 atom stereocenters. The van der Waals surface area contributed by atoms with Crippen molar-refractivity contribution in [2.75, 3.05) is 30.4 Å². The van der Waals surface area contributed by atoms with E-state index >= 15 is 0 Å². The first-order valence-electron chi connectivity index (χ1n) is 9.70. The summed E-state index contributed by atoms with van der Waals surface area (Å²) in [5, 5.41) is 8.30. The van der Waals surface area contributed by atoms with Gasteiger partial charge in [0.25, 0.3) is 0 Å². The minimum absolute atomic E-state index is 0.109. The highest BCUT2D eigenvalue weighted by Crippen LogP contribution is 2.32. The van der Waals surface area contributed by atoms with Crippen LogP contribution in [-0.4, -0.2) is 40.9 Å². The number of rotatable bonds is 7. The lowest BCUT2D eigenvalue weighted by Gasteiger charge is -2.15. The largest absolute Gasteiger partial charge is 0.494 e. The zero-order chi connectivity index (χ0) is 21.1. The van der Waals surface area contributed by atoms with Gasteiger partial charge in [-0.2, -0.15) is 10.1 Å². The van der Waals surface area contributed by atoms with Crippen molar-refractivity contribution < 1.29 is 9.53 Å². The number of benzene rings is 2. The number of thiazole rings is 1. The number of nitrogens with zero attached hydrogens (tertiary/aromatic N) is 4. The molecular weight excluding hydrogens is 398 g/mol. The zero-order valence-electron chi connectivity index (χ0n) is 17.1. The SMILES string of the molecule is CCOc1ccc(NC(=O)CN(C)c2nc3c(s2)c(C)nn3-c2ccccc2)cc1. The van der Waals surface area contributed by atoms with Gasteiger partial charge in [-0.25, -0.2) is 4.68 Å². The third kappa shape index (κ3) is 4.13. The Morgan fingerprint density at radius 1 is 1.17 bits per heavy atom. The van der Waals surface area contributed by atoms with Gasteiger partial charge in [-0.3, -0.25) is 4.79 Å². The predicted octanol–water partition coefficient (Wildman–Crippen LogP) is 4.26. The Labute approximate surface area is 178 Å². The molecule has 0 spiro atoms. The van der Waals surface area contributed by atoms with Crippen LogP contribution in [0.25, 0.3) is 16.0 Å². The van der Waals surface area contributed by atoms with Gasteiger partial charge in [0, 0.05) is 12.7 Å². The van der Waals surface area contributed by atoms with Crippen LogP contribution in [0.2, 0.25) is 0 Å². The molecule has 0 saturated carbocycles. The van der Waals surface area contributed by atoms with E-state index in [2.05, 4.69) is 10.4 Å². The number of fused-ring (bicyclic) bond motifs is 1. The van der Waals surface area contributed by atoms with Crippen LogP contribution >= 0.6 is 11.3 Å². The molecule has 0 unspecified atom stereocenters. The van der Waals surface area contributed by atoms with E-state index in [0.717, 1.165) is 38.3 Å². The van der Waals surface area contributed by atoms with E-state index < -0.39 is 0 Å². The Morgan fingerprint density at radius 2 is 1.90 bits per heavy atom. The number of hydrogen-bond acceptors (Lipinski definition) is 6. The molecule has 0 aliphatic rings. The van der Waals surface area contributed by atoms with Gasteiger partial charge in [-0.05, 0) is 50.2 Å². The second kappa shape index (κ2) is 8.54. The molecular formula is C22H23N5O2S. The minimum Gasteiger partial charge on any atom is -0.494 e. The molecule has 0 fully saturated rings.